The van der Waals surface area contributed by atoms with Crippen LogP contribution in [0.2, 0.25) is 0 Å². The van der Waals surface area contributed by atoms with Crippen molar-refractivity contribution in [3.8, 4) is 0 Å². The van der Waals surface area contributed by atoms with Crippen molar-refractivity contribution in [1.82, 2.24) is 140 Å². The molecule has 0 aliphatic carbocycles. The fourth-order valence-electron chi connectivity index (χ4n) is 10.9. The van der Waals surface area contributed by atoms with Gasteiger partial charge in [0.05, 0.1) is 197 Å². The van der Waals surface area contributed by atoms with E-state index in [-0.39, 0.29) is 18.8 Å². The van der Waals surface area contributed by atoms with Crippen molar-refractivity contribution in [2.24, 2.45) is 0 Å². The topological polar surface area (TPSA) is 393 Å². The highest BCUT2D eigenvalue weighted by atomic mass is 19.0. The van der Waals surface area contributed by atoms with Crippen LogP contribution in [0.25, 0.3) is 77.2 Å². The fourth-order valence-corrected chi connectivity index (χ4v) is 10.9. The van der Waals surface area contributed by atoms with Crippen molar-refractivity contribution in [3.05, 3.63) is 170 Å². The van der Waals surface area contributed by atoms with E-state index in [1.54, 1.807) is 0 Å². The summed E-state index contributed by atoms with van der Waals surface area (Å²) in [6, 6.07) is 58.4. The lowest BCUT2D eigenvalue weighted by Crippen LogP contribution is -3.00. The molecule has 7 aromatic heterocycles. The smallest absolute Gasteiger partial charge is 0.471 e. The number of para-hydroxylation sites is 7. The van der Waals surface area contributed by atoms with E-state index in [0.717, 1.165) is 77.2 Å². The molecule has 0 N–H and O–H groups in total. The summed E-state index contributed by atoms with van der Waals surface area (Å²) >= 11 is 0. The summed E-state index contributed by atoms with van der Waals surface area (Å²) < 4.78 is 13.1. The van der Waals surface area contributed by atoms with Gasteiger partial charge in [0.25, 0.3) is 0 Å². The maximum absolute atomic E-state index is 8.42. The van der Waals surface area contributed by atoms with Crippen molar-refractivity contribution < 1.29 is 99.8 Å². The molecule has 0 amide bonds. The van der Waals surface area contributed by atoms with Gasteiger partial charge in [0.1, 0.15) is 77.2 Å². The third-order valence-electron chi connectivity index (χ3n) is 15.8. The Bertz CT molecular complexity index is 4980. The van der Waals surface area contributed by atoms with Crippen LogP contribution in [0, 0.1) is 0 Å². The van der Waals surface area contributed by atoms with Gasteiger partial charge in [-0.25, -0.2) is 66.3 Å². The lowest BCUT2D eigenvalue weighted by atomic mass is 10.3. The van der Waals surface area contributed by atoms with Crippen molar-refractivity contribution in [2.45, 2.75) is 0 Å². The Morgan fingerprint density at radius 3 is 0.394 bits per heavy atom. The molecule has 686 valence electrons. The number of hydrogen-bond donors (Lipinski definition) is 0. The zero-order valence-corrected chi connectivity index (χ0v) is 76.5. The average Bonchev–Trinajstić information content (AvgIpc) is 1.72. The molecular formula is C77H112BF4N35O10. The third-order valence-corrected chi connectivity index (χ3v) is 15.8. The van der Waals surface area contributed by atoms with Crippen LogP contribution in [-0.4, -0.2) is 419 Å². The van der Waals surface area contributed by atoms with Crippen LogP contribution < -0.4 is 67.8 Å². The van der Waals surface area contributed by atoms with Crippen LogP contribution >= 0.6 is 0 Å². The van der Waals surface area contributed by atoms with E-state index in [1.165, 1.54) is 33.9 Å². The minimum absolute atomic E-state index is 0. The van der Waals surface area contributed by atoms with E-state index in [9.17, 15) is 0 Å². The normalized spacial score (nSPS) is 9.91. The van der Waals surface area contributed by atoms with Crippen LogP contribution in [0.4, 0.5) is 0 Å². The highest BCUT2D eigenvalue weighted by Crippen LogP contribution is 2.15. The third kappa shape index (κ3) is 30.1. The predicted molar refractivity (Wildman–Crippen MR) is 460 cm³/mol. The molecule has 0 aliphatic rings. The van der Waals surface area contributed by atoms with Gasteiger partial charge in [-0.15, -0.1) is 35.7 Å². The number of rotatable bonds is 7. The van der Waals surface area contributed by atoms with Crippen LogP contribution in [0.1, 0.15) is 0 Å². The molecule has 0 saturated heterocycles. The number of halogens is 4. The van der Waals surface area contributed by atoms with E-state index in [0.29, 0.717) is 42.2 Å². The predicted octanol–water partition coefficient (Wildman–Crippen LogP) is -15.6. The largest absolute Gasteiger partial charge is 1.00 e. The molecule has 0 saturated carbocycles. The first-order valence-corrected chi connectivity index (χ1v) is 37.8. The SMILES string of the molecule is CN(C)C(On1nnc2ccccc21)=[N+](C)C.CN(C)C(On1nnc2ccccc21)=[N+](C)C.CN(C)C(On1nnc2ccccc21)=[N+](C)C.CN(C)C(On1nnc2ccccc21)=[N+](C)C.CN(C)C(On1nnc2ccccc21)=[N+](C)C.CN(C)C(On1nnc2ccccc21)=[N+](C)C.CN(C)C(On1nnc2ccccc21)=[N+](C)C.[F-].[F-].[F-].[F-].[O-]B([O-])[O-]. The van der Waals surface area contributed by atoms with Gasteiger partial charge in [0.15, 0.2) is 0 Å². The summed E-state index contributed by atoms with van der Waals surface area (Å²) in [7, 11) is 50.6. The van der Waals surface area contributed by atoms with Gasteiger partial charge in [0.2, 0.25) is 0 Å². The molecule has 0 aliphatic heterocycles. The highest BCUT2D eigenvalue weighted by molar-refractivity contribution is 6.24. The van der Waals surface area contributed by atoms with E-state index < -0.39 is 7.32 Å². The molecule has 50 heteroatoms. The second-order valence-electron chi connectivity index (χ2n) is 29.1. The Morgan fingerprint density at radius 1 is 0.213 bits per heavy atom. The number of hydrogen-bond acceptors (Lipinski definition) is 24. The molecule has 127 heavy (non-hydrogen) atoms. The fraction of sp³-hybridized carbons (Fsp3) is 0.364. The van der Waals surface area contributed by atoms with Gasteiger partial charge in [-0.1, -0.05) is 119 Å². The van der Waals surface area contributed by atoms with E-state index >= 15 is 0 Å². The quantitative estimate of drug-likeness (QED) is 0.0470. The number of aromatic nitrogens is 21. The Morgan fingerprint density at radius 2 is 0.307 bits per heavy atom. The van der Waals surface area contributed by atoms with Crippen molar-refractivity contribution in [2.75, 3.05) is 197 Å². The Kier molecular flexibility index (Phi) is 42.2. The molecule has 0 fully saturated rings. The standard InChI is InChI=1S/7C11H16N5O.BO3.4FH/c7*1-14(2)11(15(3)4)17-16-10-8-6-5-7-9(10)12-13-16;2-1(3)4;;;;/h7*5-8H,1-4H3;;4*1H/q7*+1;-3;;;;/p-4. The van der Waals surface area contributed by atoms with Crippen molar-refractivity contribution in [1.29, 1.82) is 0 Å². The van der Waals surface area contributed by atoms with Gasteiger partial charge >= 0.3 is 42.2 Å². The first-order chi connectivity index (χ1) is 58.4. The van der Waals surface area contributed by atoms with Gasteiger partial charge in [-0.2, -0.15) is 0 Å². The lowest BCUT2D eigenvalue weighted by molar-refractivity contribution is -0.481. The first kappa shape index (κ1) is 106. The summed E-state index contributed by atoms with van der Waals surface area (Å²) in [5.41, 5.74) is 11.6. The summed E-state index contributed by atoms with van der Waals surface area (Å²) in [6.45, 7) is 0. The van der Waals surface area contributed by atoms with E-state index in [2.05, 4.69) is 72.2 Å². The molecule has 0 unspecified atom stereocenters. The molecule has 14 rings (SSSR count). The summed E-state index contributed by atoms with van der Waals surface area (Å²) in [6.07, 6.45) is 0. The zero-order valence-electron chi connectivity index (χ0n) is 76.5. The monoisotopic (exact) mass is 1770 g/mol. The minimum atomic E-state index is -2.92. The second kappa shape index (κ2) is 50.5. The Labute approximate surface area is 731 Å². The van der Waals surface area contributed by atoms with Gasteiger partial charge in [-0.05, 0) is 121 Å². The van der Waals surface area contributed by atoms with Crippen LogP contribution in [-0.2, 0) is 0 Å². The number of amidine groups is 7. The van der Waals surface area contributed by atoms with Crippen LogP contribution in [0.3, 0.4) is 0 Å². The summed E-state index contributed by atoms with van der Waals surface area (Å²) in [4.78, 5) is 63.0. The molecule has 45 nitrogen and oxygen atoms in total. The molecular weight excluding hydrogens is 1660 g/mol. The lowest BCUT2D eigenvalue weighted by Gasteiger charge is -2.35. The Hall–Kier alpha value is -15.1. The molecule has 7 heterocycles. The van der Waals surface area contributed by atoms with E-state index in [4.69, 9.17) is 48.9 Å². The Balaban J connectivity index is 0.000000377. The van der Waals surface area contributed by atoms with Gasteiger partial charge in [0, 0.05) is 0 Å². The molecule has 0 spiro atoms. The average molecular weight is 1770 g/mol. The van der Waals surface area contributed by atoms with Gasteiger partial charge < -0.3 is 33.9 Å². The van der Waals surface area contributed by atoms with E-state index in [1.807, 2.05) is 434 Å². The first-order valence-electron chi connectivity index (χ1n) is 37.8. The van der Waals surface area contributed by atoms with Crippen molar-refractivity contribution >= 4 is 127 Å². The zero-order chi connectivity index (χ0) is 90.5. The maximum Gasteiger partial charge on any atom is 0.471 e. The summed E-state index contributed by atoms with van der Waals surface area (Å²) in [5, 5.41) is 81.2. The number of fused-ring (bicyclic) bond motifs is 7. The number of benzene rings is 7. The molecule has 14 aromatic rings. The van der Waals surface area contributed by atoms with Crippen LogP contribution in [0.15, 0.2) is 170 Å². The molecule has 0 atom stereocenters. The molecule has 0 bridgehead atoms. The van der Waals surface area contributed by atoms with Gasteiger partial charge in [-0.3, -0.25) is 41.2 Å². The minimum Gasteiger partial charge on any atom is -1.00 e. The summed E-state index contributed by atoms with van der Waals surface area (Å²) in [5.74, 6) is 0. The van der Waals surface area contributed by atoms with Crippen LogP contribution in [0.5, 0.6) is 0 Å². The van der Waals surface area contributed by atoms with Crippen molar-refractivity contribution in [3.63, 3.8) is 0 Å². The number of nitrogens with zero attached hydrogens (tertiary/aromatic N) is 35. The second-order valence-corrected chi connectivity index (χ2v) is 29.1. The molecule has 0 radical (unpaired) electrons. The maximum atomic E-state index is 8.42. The highest BCUT2D eigenvalue weighted by Gasteiger charge is 2.25. The molecule has 7 aromatic carbocycles.